The largest absolute Gasteiger partial charge is 0.289 e. The van der Waals surface area contributed by atoms with E-state index in [0.29, 0.717) is 32.3 Å². The quantitative estimate of drug-likeness (QED) is 0.278. The zero-order valence-corrected chi connectivity index (χ0v) is 22.3. The van der Waals surface area contributed by atoms with Crippen molar-refractivity contribution in [3.8, 4) is 0 Å². The van der Waals surface area contributed by atoms with Crippen molar-refractivity contribution in [2.75, 3.05) is 0 Å². The minimum absolute atomic E-state index is 0.0136. The molecular weight excluding hydrogens is 544 g/mol. The molecule has 0 atom stereocenters. The average Bonchev–Trinajstić information content (AvgIpc) is 3.42. The predicted octanol–water partition coefficient (Wildman–Crippen LogP) is 5.56. The molecule has 0 radical (unpaired) electrons. The molecule has 0 spiro atoms. The molecule has 0 aliphatic rings. The van der Waals surface area contributed by atoms with Crippen LogP contribution in [0, 0.1) is 0 Å². The summed E-state index contributed by atoms with van der Waals surface area (Å²) >= 11 is 0. The molecule has 8 heteroatoms. The molecule has 194 valence electrons. The van der Waals surface area contributed by atoms with E-state index in [2.05, 4.69) is 0 Å². The Morgan fingerprint density at radius 1 is 0.325 bits per heavy atom. The lowest BCUT2D eigenvalue weighted by molar-refractivity contribution is 0.594. The fourth-order valence-electron chi connectivity index (χ4n) is 5.41. The van der Waals surface area contributed by atoms with Crippen LogP contribution in [0.25, 0.3) is 43.1 Å². The summed E-state index contributed by atoms with van der Waals surface area (Å²) in [5, 5.41) is 3.49. The van der Waals surface area contributed by atoms with Crippen LogP contribution in [-0.2, 0) is 19.7 Å². The molecule has 0 aliphatic heterocycles. The Hall–Kier alpha value is -4.66. The molecule has 0 fully saturated rings. The molecule has 0 bridgehead atoms. The third kappa shape index (κ3) is 3.40. The fourth-order valence-corrected chi connectivity index (χ4v) is 8.02. The van der Waals surface area contributed by atoms with E-state index in [1.54, 1.807) is 54.6 Å². The van der Waals surface area contributed by atoms with Crippen molar-refractivity contribution in [2.45, 2.75) is 19.6 Å². The molecule has 0 saturated carbocycles. The monoisotopic (exact) mass is 562 g/mol. The molecule has 6 nitrogen and oxygen atoms in total. The molecule has 7 aromatic carbocycles. The number of sulfone groups is 2. The van der Waals surface area contributed by atoms with Gasteiger partial charge in [0.25, 0.3) is 0 Å². The topological polar surface area (TPSA) is 102 Å². The number of hydrogen-bond donors (Lipinski definition) is 0. The SMILES string of the molecule is O=c1c2cc(S(=O)(=O)c3ccccc3)ccc2c2cc3c(cc12)c(=O)c1cc(S(=O)(=O)c2ccccc2)ccc13. The first-order chi connectivity index (χ1) is 19.2. The molecule has 0 saturated heterocycles. The normalized spacial score (nSPS) is 12.6. The predicted molar refractivity (Wildman–Crippen MR) is 155 cm³/mol. The smallest absolute Gasteiger partial charge is 0.206 e. The van der Waals surface area contributed by atoms with E-state index >= 15 is 0 Å². The first-order valence-corrected chi connectivity index (χ1v) is 15.3. The summed E-state index contributed by atoms with van der Waals surface area (Å²) in [5.74, 6) is 0. The van der Waals surface area contributed by atoms with Gasteiger partial charge in [-0.1, -0.05) is 48.5 Å². The molecule has 0 aromatic heterocycles. The minimum Gasteiger partial charge on any atom is -0.289 e. The molecular formula is C32H18O6S2. The molecule has 0 N–H and O–H groups in total. The van der Waals surface area contributed by atoms with Gasteiger partial charge in [-0.3, -0.25) is 9.59 Å². The summed E-state index contributed by atoms with van der Waals surface area (Å²) in [5.41, 5.74) is -0.733. The van der Waals surface area contributed by atoms with Gasteiger partial charge in [0.15, 0.2) is 10.9 Å². The summed E-state index contributed by atoms with van der Waals surface area (Å²) in [4.78, 5) is 27.2. The third-order valence-corrected chi connectivity index (χ3v) is 11.0. The van der Waals surface area contributed by atoms with Gasteiger partial charge in [-0.15, -0.1) is 0 Å². The van der Waals surface area contributed by atoms with Gasteiger partial charge < -0.3 is 0 Å². The van der Waals surface area contributed by atoms with E-state index in [-0.39, 0.29) is 41.2 Å². The Balaban J connectivity index is 1.44. The van der Waals surface area contributed by atoms with E-state index in [1.165, 1.54) is 54.6 Å². The van der Waals surface area contributed by atoms with Crippen molar-refractivity contribution >= 4 is 62.8 Å². The van der Waals surface area contributed by atoms with Gasteiger partial charge in [-0.25, -0.2) is 16.8 Å². The van der Waals surface area contributed by atoms with Crippen LogP contribution in [0.5, 0.6) is 0 Å². The van der Waals surface area contributed by atoms with Gasteiger partial charge in [-0.05, 0) is 82.2 Å². The highest BCUT2D eigenvalue weighted by molar-refractivity contribution is 7.91. The van der Waals surface area contributed by atoms with Gasteiger partial charge >= 0.3 is 0 Å². The van der Waals surface area contributed by atoms with Gasteiger partial charge in [0.2, 0.25) is 19.7 Å². The Kier molecular flexibility index (Phi) is 5.13. The minimum atomic E-state index is -3.82. The maximum Gasteiger partial charge on any atom is 0.206 e. The molecule has 0 aliphatic carbocycles. The van der Waals surface area contributed by atoms with Crippen molar-refractivity contribution in [3.05, 3.63) is 130 Å². The van der Waals surface area contributed by atoms with Crippen molar-refractivity contribution in [3.63, 3.8) is 0 Å². The second-order valence-corrected chi connectivity index (χ2v) is 13.5. The van der Waals surface area contributed by atoms with E-state index in [9.17, 15) is 26.4 Å². The summed E-state index contributed by atoms with van der Waals surface area (Å²) in [6, 6.07) is 28.3. The second kappa shape index (κ2) is 8.42. The van der Waals surface area contributed by atoms with Crippen LogP contribution in [0.1, 0.15) is 0 Å². The fraction of sp³-hybridized carbons (Fsp3) is 0. The maximum atomic E-state index is 13.4. The average molecular weight is 563 g/mol. The Bertz CT molecular complexity index is 2300. The maximum absolute atomic E-state index is 13.4. The van der Waals surface area contributed by atoms with Crippen LogP contribution in [-0.4, -0.2) is 16.8 Å². The van der Waals surface area contributed by atoms with Crippen LogP contribution >= 0.6 is 0 Å². The molecule has 7 aromatic rings. The van der Waals surface area contributed by atoms with Crippen LogP contribution in [0.3, 0.4) is 0 Å². The van der Waals surface area contributed by atoms with Crippen molar-refractivity contribution < 1.29 is 16.8 Å². The number of rotatable bonds is 4. The summed E-state index contributed by atoms with van der Waals surface area (Å²) in [6.07, 6.45) is 0. The third-order valence-electron chi connectivity index (χ3n) is 7.43. The molecule has 0 unspecified atom stereocenters. The lowest BCUT2D eigenvalue weighted by Gasteiger charge is -2.05. The van der Waals surface area contributed by atoms with Gasteiger partial charge in [0.1, 0.15) is 0 Å². The van der Waals surface area contributed by atoms with E-state index < -0.39 is 19.7 Å². The first-order valence-electron chi connectivity index (χ1n) is 12.3. The van der Waals surface area contributed by atoms with Crippen molar-refractivity contribution in [2.24, 2.45) is 0 Å². The molecule has 7 rings (SSSR count). The molecule has 0 heterocycles. The zero-order chi connectivity index (χ0) is 27.8. The Morgan fingerprint density at radius 2 is 0.675 bits per heavy atom. The van der Waals surface area contributed by atoms with E-state index in [0.717, 1.165) is 0 Å². The van der Waals surface area contributed by atoms with Gasteiger partial charge in [0, 0.05) is 21.5 Å². The van der Waals surface area contributed by atoms with Crippen LogP contribution in [0.15, 0.2) is 138 Å². The van der Waals surface area contributed by atoms with Crippen molar-refractivity contribution in [1.29, 1.82) is 0 Å². The van der Waals surface area contributed by atoms with Gasteiger partial charge in [-0.2, -0.15) is 0 Å². The van der Waals surface area contributed by atoms with Crippen LogP contribution in [0.4, 0.5) is 0 Å². The van der Waals surface area contributed by atoms with E-state index in [4.69, 9.17) is 0 Å². The zero-order valence-electron chi connectivity index (χ0n) is 20.7. The summed E-state index contributed by atoms with van der Waals surface area (Å²) in [6.45, 7) is 0. The lowest BCUT2D eigenvalue weighted by atomic mass is 10.1. The standard InChI is InChI=1S/C32H18O6S2/c33-31-27-15-21(39(35,36)19-7-3-1-4-8-19)11-13-23(27)25-17-26-24-14-12-22(40(37,38)20-9-5-2-6-10-20)16-28(24)32(34)30(26)18-29(25)31/h1-18H. The number of hydrogen-bond acceptors (Lipinski definition) is 6. The number of fused-ring (bicyclic) bond motifs is 6. The number of benzene rings is 5. The Morgan fingerprint density at radius 3 is 1.07 bits per heavy atom. The van der Waals surface area contributed by atoms with Crippen LogP contribution in [0.2, 0.25) is 0 Å². The lowest BCUT2D eigenvalue weighted by Crippen LogP contribution is -2.03. The van der Waals surface area contributed by atoms with Crippen molar-refractivity contribution in [1.82, 2.24) is 0 Å². The first kappa shape index (κ1) is 24.4. The Labute approximate surface area is 228 Å². The van der Waals surface area contributed by atoms with E-state index in [1.807, 2.05) is 0 Å². The highest BCUT2D eigenvalue weighted by Crippen LogP contribution is 2.35. The summed E-state index contributed by atoms with van der Waals surface area (Å²) in [7, 11) is -7.64. The highest BCUT2D eigenvalue weighted by Gasteiger charge is 2.23. The highest BCUT2D eigenvalue weighted by atomic mass is 32.2. The van der Waals surface area contributed by atoms with Crippen LogP contribution < -0.4 is 10.9 Å². The second-order valence-electron chi connectivity index (χ2n) is 9.65. The summed E-state index contributed by atoms with van der Waals surface area (Å²) < 4.78 is 52.6. The molecule has 40 heavy (non-hydrogen) atoms. The molecule has 0 amide bonds. The van der Waals surface area contributed by atoms with Gasteiger partial charge in [0.05, 0.1) is 19.6 Å².